The Morgan fingerprint density at radius 1 is 1.03 bits per heavy atom. The van der Waals surface area contributed by atoms with E-state index in [9.17, 15) is 4.79 Å². The Balaban J connectivity index is 1.22. The van der Waals surface area contributed by atoms with Crippen molar-refractivity contribution in [1.29, 1.82) is 0 Å². The van der Waals surface area contributed by atoms with E-state index in [1.165, 1.54) is 23.1 Å². The number of hydrogen-bond acceptors (Lipinski definition) is 5. The number of fused-ring (bicyclic) bond motifs is 5. The summed E-state index contributed by atoms with van der Waals surface area (Å²) in [5.41, 5.74) is 4.18. The van der Waals surface area contributed by atoms with Crippen molar-refractivity contribution in [2.75, 3.05) is 19.8 Å². The Hall–Kier alpha value is -2.53. The first-order valence-electron chi connectivity index (χ1n) is 13.3. The summed E-state index contributed by atoms with van der Waals surface area (Å²) in [6.07, 6.45) is 5.99. The molecule has 2 aromatic carbocycles. The van der Waals surface area contributed by atoms with Crippen molar-refractivity contribution in [3.63, 3.8) is 0 Å². The number of ether oxygens (including phenoxy) is 4. The van der Waals surface area contributed by atoms with Crippen molar-refractivity contribution in [1.82, 2.24) is 0 Å². The molecular weight excluding hydrogens is 440 g/mol. The predicted molar refractivity (Wildman–Crippen MR) is 135 cm³/mol. The predicted octanol–water partition coefficient (Wildman–Crippen LogP) is 6.68. The molecule has 0 heterocycles. The van der Waals surface area contributed by atoms with Gasteiger partial charge in [-0.05, 0) is 92.0 Å². The average Bonchev–Trinajstić information content (AvgIpc) is 3.21. The van der Waals surface area contributed by atoms with E-state index < -0.39 is 6.16 Å². The summed E-state index contributed by atoms with van der Waals surface area (Å²) >= 11 is 0. The molecule has 0 spiro atoms. The fourth-order valence-electron chi connectivity index (χ4n) is 7.01. The van der Waals surface area contributed by atoms with Crippen LogP contribution >= 0.6 is 0 Å². The molecule has 0 saturated heterocycles. The zero-order chi connectivity index (χ0) is 24.3. The maximum atomic E-state index is 12.3. The summed E-state index contributed by atoms with van der Waals surface area (Å²) in [5.74, 6) is 2.80. The molecule has 35 heavy (non-hydrogen) atoms. The molecule has 5 atom stereocenters. The smallest absolute Gasteiger partial charge is 0.489 e. The minimum Gasteiger partial charge on any atom is -0.489 e. The Kier molecular flexibility index (Phi) is 7.33. The lowest BCUT2D eigenvalue weighted by atomic mass is 9.55. The maximum absolute atomic E-state index is 12.3. The third-order valence-electron chi connectivity index (χ3n) is 8.75. The average molecular weight is 479 g/mol. The Labute approximate surface area is 209 Å². The molecule has 188 valence electrons. The van der Waals surface area contributed by atoms with Crippen LogP contribution in [-0.2, 0) is 27.2 Å². The molecule has 0 amide bonds. The van der Waals surface area contributed by atoms with E-state index in [2.05, 4.69) is 37.3 Å². The van der Waals surface area contributed by atoms with Gasteiger partial charge in [-0.3, -0.25) is 0 Å². The molecule has 0 aromatic heterocycles. The van der Waals surface area contributed by atoms with Crippen molar-refractivity contribution in [2.45, 2.75) is 71.0 Å². The van der Waals surface area contributed by atoms with Gasteiger partial charge in [-0.25, -0.2) is 4.79 Å². The van der Waals surface area contributed by atoms with E-state index in [4.69, 9.17) is 18.9 Å². The van der Waals surface area contributed by atoms with E-state index in [0.29, 0.717) is 37.6 Å². The van der Waals surface area contributed by atoms with Crippen molar-refractivity contribution in [2.24, 2.45) is 17.3 Å². The zero-order valence-electron chi connectivity index (χ0n) is 21.0. The van der Waals surface area contributed by atoms with Gasteiger partial charge in [0.25, 0.3) is 0 Å². The quantitative estimate of drug-likeness (QED) is 0.313. The second-order valence-corrected chi connectivity index (χ2v) is 10.6. The van der Waals surface area contributed by atoms with E-state index in [-0.39, 0.29) is 18.1 Å². The lowest BCUT2D eigenvalue weighted by Crippen LogP contribution is -2.45. The first kappa shape index (κ1) is 24.2. The molecule has 0 N–H and O–H groups in total. The van der Waals surface area contributed by atoms with Gasteiger partial charge < -0.3 is 18.9 Å². The molecular formula is C30H38O5. The fraction of sp³-hybridized carbons (Fsp3) is 0.567. The van der Waals surface area contributed by atoms with Gasteiger partial charge in [0.2, 0.25) is 0 Å². The van der Waals surface area contributed by atoms with Crippen LogP contribution in [0.5, 0.6) is 5.75 Å². The van der Waals surface area contributed by atoms with Crippen LogP contribution in [-0.4, -0.2) is 32.1 Å². The van der Waals surface area contributed by atoms with Crippen molar-refractivity contribution < 1.29 is 23.7 Å². The minimum atomic E-state index is -0.546. The Bertz CT molecular complexity index is 1010. The minimum absolute atomic E-state index is 0.0380. The summed E-state index contributed by atoms with van der Waals surface area (Å²) in [5, 5.41) is 0. The third kappa shape index (κ3) is 5.06. The van der Waals surface area contributed by atoms with Crippen LogP contribution < -0.4 is 4.74 Å². The number of benzene rings is 2. The first-order chi connectivity index (χ1) is 17.1. The molecule has 2 aromatic rings. The largest absolute Gasteiger partial charge is 0.508 e. The normalized spacial score (nSPS) is 29.0. The molecule has 5 nitrogen and oxygen atoms in total. The highest BCUT2D eigenvalue weighted by Crippen LogP contribution is 2.61. The van der Waals surface area contributed by atoms with Crippen LogP contribution in [0.1, 0.15) is 68.6 Å². The van der Waals surface area contributed by atoms with Crippen molar-refractivity contribution >= 4 is 6.16 Å². The summed E-state index contributed by atoms with van der Waals surface area (Å²) in [7, 11) is 0. The SMILES string of the molecule is CCOCCOC(=O)O[C@@H]1CC[C@H]2[C@@H]3CCc4cc(OCc5ccccc5)ccc4[C@H]3CC[C@]12C. The molecule has 0 unspecified atom stereocenters. The van der Waals surface area contributed by atoms with E-state index in [1.807, 2.05) is 25.1 Å². The van der Waals surface area contributed by atoms with Gasteiger partial charge in [-0.1, -0.05) is 43.3 Å². The topological polar surface area (TPSA) is 54.0 Å². The number of carbonyl (C=O) groups excluding carboxylic acids is 1. The van der Waals surface area contributed by atoms with Gasteiger partial charge in [0, 0.05) is 12.0 Å². The highest BCUT2D eigenvalue weighted by Gasteiger charge is 2.56. The Morgan fingerprint density at radius 2 is 1.89 bits per heavy atom. The summed E-state index contributed by atoms with van der Waals surface area (Å²) in [6, 6.07) is 17.1. The molecule has 0 bridgehead atoms. The summed E-state index contributed by atoms with van der Waals surface area (Å²) in [4.78, 5) is 12.3. The van der Waals surface area contributed by atoms with Gasteiger partial charge in [0.1, 0.15) is 25.1 Å². The van der Waals surface area contributed by atoms with Gasteiger partial charge in [-0.15, -0.1) is 0 Å². The standard InChI is InChI=1S/C30H38O5/c1-3-32-17-18-33-29(31)35-28-14-13-27-26-11-9-22-19-23(34-20-21-7-5-4-6-8-21)10-12-24(22)25(26)15-16-30(27,28)2/h4-8,10,12,19,25-28H,3,9,11,13-18,20H2,1-2H3/t25-,26-,27+,28-,30+/m1/s1. The molecule has 0 aliphatic heterocycles. The molecule has 3 aliphatic rings. The zero-order valence-corrected chi connectivity index (χ0v) is 21.0. The van der Waals surface area contributed by atoms with Gasteiger partial charge >= 0.3 is 6.16 Å². The van der Waals surface area contributed by atoms with E-state index in [1.54, 1.807) is 0 Å². The first-order valence-corrected chi connectivity index (χ1v) is 13.3. The van der Waals surface area contributed by atoms with Crippen LogP contribution in [0.3, 0.4) is 0 Å². The summed E-state index contributed by atoms with van der Waals surface area (Å²) in [6.45, 7) is 6.15. The van der Waals surface area contributed by atoms with E-state index in [0.717, 1.165) is 37.9 Å². The third-order valence-corrected chi connectivity index (χ3v) is 8.75. The lowest BCUT2D eigenvalue weighted by molar-refractivity contribution is -0.0579. The van der Waals surface area contributed by atoms with Crippen LogP contribution in [0.25, 0.3) is 0 Å². The fourth-order valence-corrected chi connectivity index (χ4v) is 7.01. The highest BCUT2D eigenvalue weighted by molar-refractivity contribution is 5.60. The number of hydrogen-bond donors (Lipinski definition) is 0. The van der Waals surface area contributed by atoms with Gasteiger partial charge in [0.05, 0.1) is 6.61 Å². The van der Waals surface area contributed by atoms with Crippen molar-refractivity contribution in [3.05, 3.63) is 65.2 Å². The second kappa shape index (κ2) is 10.6. The highest BCUT2D eigenvalue weighted by atomic mass is 16.7. The monoisotopic (exact) mass is 478 g/mol. The van der Waals surface area contributed by atoms with E-state index >= 15 is 0 Å². The molecule has 0 radical (unpaired) electrons. The lowest BCUT2D eigenvalue weighted by Gasteiger charge is -2.50. The van der Waals surface area contributed by atoms with Crippen LogP contribution in [0, 0.1) is 17.3 Å². The molecule has 2 saturated carbocycles. The van der Waals surface area contributed by atoms with Crippen molar-refractivity contribution in [3.8, 4) is 5.75 Å². The molecule has 5 rings (SSSR count). The maximum Gasteiger partial charge on any atom is 0.508 e. The molecule has 5 heteroatoms. The second-order valence-electron chi connectivity index (χ2n) is 10.6. The number of carbonyl (C=O) groups is 1. The van der Waals surface area contributed by atoms with Crippen LogP contribution in [0.4, 0.5) is 4.79 Å². The molecule has 2 fully saturated rings. The number of rotatable bonds is 8. The van der Waals surface area contributed by atoms with Gasteiger partial charge in [0.15, 0.2) is 0 Å². The summed E-state index contributed by atoms with van der Waals surface area (Å²) < 4.78 is 22.5. The van der Waals surface area contributed by atoms with Crippen LogP contribution in [0.2, 0.25) is 0 Å². The van der Waals surface area contributed by atoms with Crippen LogP contribution in [0.15, 0.2) is 48.5 Å². The van der Waals surface area contributed by atoms with Gasteiger partial charge in [-0.2, -0.15) is 0 Å². The number of aryl methyl sites for hydroxylation is 1. The Morgan fingerprint density at radius 3 is 2.71 bits per heavy atom. The molecule has 3 aliphatic carbocycles.